The molecule has 20 heavy (non-hydrogen) atoms. The lowest BCUT2D eigenvalue weighted by Crippen LogP contribution is -2.41. The molecule has 1 fully saturated rings. The first-order valence-electron chi connectivity index (χ1n) is 7.43. The van der Waals surface area contributed by atoms with Gasteiger partial charge < -0.3 is 9.31 Å². The maximum absolute atomic E-state index is 6.17. The molecule has 0 N–H and O–H groups in total. The summed E-state index contributed by atoms with van der Waals surface area (Å²) < 4.78 is 12.3. The van der Waals surface area contributed by atoms with Gasteiger partial charge in [0.05, 0.1) is 11.2 Å². The molecule has 2 heterocycles. The first kappa shape index (κ1) is 15.5. The molecular formula is C16H26BNO2. The summed E-state index contributed by atoms with van der Waals surface area (Å²) >= 11 is 0. The van der Waals surface area contributed by atoms with Gasteiger partial charge in [-0.15, -0.1) is 0 Å². The van der Waals surface area contributed by atoms with Gasteiger partial charge in [-0.05, 0) is 58.1 Å². The molecule has 0 atom stereocenters. The predicted molar refractivity (Wildman–Crippen MR) is 83.2 cm³/mol. The minimum atomic E-state index is -0.318. The van der Waals surface area contributed by atoms with Gasteiger partial charge in [0.15, 0.2) is 0 Å². The molecule has 0 saturated carbocycles. The van der Waals surface area contributed by atoms with Crippen molar-refractivity contribution in [2.24, 2.45) is 5.92 Å². The fourth-order valence-electron chi connectivity index (χ4n) is 2.47. The summed E-state index contributed by atoms with van der Waals surface area (Å²) in [5.41, 5.74) is 2.99. The Morgan fingerprint density at radius 1 is 1.10 bits per heavy atom. The fraction of sp³-hybridized carbons (Fsp3) is 0.688. The zero-order valence-corrected chi connectivity index (χ0v) is 13.8. The average molecular weight is 275 g/mol. The summed E-state index contributed by atoms with van der Waals surface area (Å²) in [4.78, 5) is 4.33. The Balaban J connectivity index is 2.37. The van der Waals surface area contributed by atoms with Crippen molar-refractivity contribution in [3.05, 3.63) is 23.5 Å². The largest absolute Gasteiger partial charge is 0.496 e. The van der Waals surface area contributed by atoms with Crippen LogP contribution in [0.15, 0.2) is 12.4 Å². The lowest BCUT2D eigenvalue weighted by atomic mass is 9.74. The zero-order valence-electron chi connectivity index (χ0n) is 13.8. The van der Waals surface area contributed by atoms with E-state index >= 15 is 0 Å². The normalized spacial score (nSPS) is 20.7. The van der Waals surface area contributed by atoms with Crippen LogP contribution >= 0.6 is 0 Å². The van der Waals surface area contributed by atoms with Gasteiger partial charge in [-0.3, -0.25) is 4.98 Å². The maximum atomic E-state index is 6.17. The number of rotatable bonds is 3. The van der Waals surface area contributed by atoms with Gasteiger partial charge in [-0.2, -0.15) is 0 Å². The number of hydrogen-bond donors (Lipinski definition) is 0. The van der Waals surface area contributed by atoms with E-state index in [1.807, 2.05) is 12.4 Å². The lowest BCUT2D eigenvalue weighted by Gasteiger charge is -2.32. The molecule has 1 saturated heterocycles. The molecule has 1 aliphatic heterocycles. The molecule has 4 heteroatoms. The minimum absolute atomic E-state index is 0.309. The smallest absolute Gasteiger partial charge is 0.399 e. The first-order valence-corrected chi connectivity index (χ1v) is 7.43. The predicted octanol–water partition coefficient (Wildman–Crippen LogP) is 2.89. The number of hydrogen-bond acceptors (Lipinski definition) is 3. The van der Waals surface area contributed by atoms with Crippen molar-refractivity contribution < 1.29 is 9.31 Å². The van der Waals surface area contributed by atoms with E-state index in [9.17, 15) is 0 Å². The minimum Gasteiger partial charge on any atom is -0.399 e. The quantitative estimate of drug-likeness (QED) is 0.795. The third-order valence-electron chi connectivity index (χ3n) is 4.43. The van der Waals surface area contributed by atoms with Crippen LogP contribution in [-0.2, 0) is 15.7 Å². The molecule has 0 amide bonds. The molecule has 3 nitrogen and oxygen atoms in total. The van der Waals surface area contributed by atoms with Crippen LogP contribution in [0.3, 0.4) is 0 Å². The highest BCUT2D eigenvalue weighted by molar-refractivity contribution is 6.62. The van der Waals surface area contributed by atoms with Crippen molar-refractivity contribution in [2.45, 2.75) is 66.1 Å². The molecule has 0 aromatic carbocycles. The Kier molecular flexibility index (Phi) is 4.00. The van der Waals surface area contributed by atoms with Crippen molar-refractivity contribution in [1.82, 2.24) is 4.98 Å². The highest BCUT2D eigenvalue weighted by atomic mass is 16.7. The van der Waals surface area contributed by atoms with E-state index in [4.69, 9.17) is 9.31 Å². The van der Waals surface area contributed by atoms with Crippen molar-refractivity contribution >= 4 is 12.6 Å². The molecule has 0 unspecified atom stereocenters. The number of aryl methyl sites for hydroxylation is 1. The van der Waals surface area contributed by atoms with Crippen LogP contribution in [0.25, 0.3) is 0 Å². The van der Waals surface area contributed by atoms with Gasteiger partial charge in [-0.25, -0.2) is 0 Å². The third-order valence-corrected chi connectivity index (χ3v) is 4.43. The van der Waals surface area contributed by atoms with E-state index in [0.29, 0.717) is 5.92 Å². The van der Waals surface area contributed by atoms with Gasteiger partial charge in [0.1, 0.15) is 0 Å². The second kappa shape index (κ2) is 5.16. The molecule has 1 aliphatic rings. The van der Waals surface area contributed by atoms with E-state index in [1.54, 1.807) is 0 Å². The number of nitrogens with zero attached hydrogens (tertiary/aromatic N) is 1. The molecule has 2 rings (SSSR count). The first-order chi connectivity index (χ1) is 9.14. The van der Waals surface area contributed by atoms with Gasteiger partial charge in [0.25, 0.3) is 0 Å². The van der Waals surface area contributed by atoms with E-state index in [2.05, 4.69) is 53.5 Å². The molecule has 1 aromatic rings. The van der Waals surface area contributed by atoms with E-state index < -0.39 is 0 Å². The fourth-order valence-corrected chi connectivity index (χ4v) is 2.47. The zero-order chi connectivity index (χ0) is 15.1. The number of aromatic nitrogens is 1. The van der Waals surface area contributed by atoms with Gasteiger partial charge in [0, 0.05) is 17.9 Å². The third kappa shape index (κ3) is 2.77. The Morgan fingerprint density at radius 3 is 2.15 bits per heavy atom. The second-order valence-electron chi connectivity index (χ2n) is 7.21. The maximum Gasteiger partial charge on any atom is 0.496 e. The molecule has 0 spiro atoms. The van der Waals surface area contributed by atoms with Crippen LogP contribution in [-0.4, -0.2) is 23.3 Å². The van der Waals surface area contributed by atoms with E-state index in [1.165, 1.54) is 11.1 Å². The summed E-state index contributed by atoms with van der Waals surface area (Å²) in [5, 5.41) is 0. The van der Waals surface area contributed by atoms with Crippen LogP contribution in [0.1, 0.15) is 52.7 Å². The van der Waals surface area contributed by atoms with Crippen LogP contribution in [0, 0.1) is 12.8 Å². The molecule has 0 radical (unpaired) electrons. The van der Waals surface area contributed by atoms with E-state index in [0.717, 1.165) is 11.9 Å². The summed E-state index contributed by atoms with van der Waals surface area (Å²) in [6.07, 6.45) is 4.84. The van der Waals surface area contributed by atoms with Crippen molar-refractivity contribution in [2.75, 3.05) is 0 Å². The van der Waals surface area contributed by atoms with Crippen LogP contribution in [0.2, 0.25) is 0 Å². The van der Waals surface area contributed by atoms with Gasteiger partial charge in [0.2, 0.25) is 0 Å². The van der Waals surface area contributed by atoms with Crippen LogP contribution in [0.4, 0.5) is 0 Å². The summed E-state index contributed by atoms with van der Waals surface area (Å²) in [6, 6.07) is 0. The topological polar surface area (TPSA) is 31.4 Å². The monoisotopic (exact) mass is 275 g/mol. The van der Waals surface area contributed by atoms with Crippen molar-refractivity contribution in [3.63, 3.8) is 0 Å². The summed E-state index contributed by atoms with van der Waals surface area (Å²) in [7, 11) is -0.318. The van der Waals surface area contributed by atoms with Gasteiger partial charge >= 0.3 is 7.12 Å². The highest BCUT2D eigenvalue weighted by Gasteiger charge is 2.52. The lowest BCUT2D eigenvalue weighted by molar-refractivity contribution is 0.00578. The molecular weight excluding hydrogens is 249 g/mol. The number of pyridine rings is 1. The molecule has 0 bridgehead atoms. The Hall–Kier alpha value is -0.865. The Labute approximate surface area is 123 Å². The molecule has 0 aliphatic carbocycles. The summed E-state index contributed by atoms with van der Waals surface area (Å²) in [5.74, 6) is 0.595. The van der Waals surface area contributed by atoms with Crippen molar-refractivity contribution in [1.29, 1.82) is 0 Å². The second-order valence-corrected chi connectivity index (χ2v) is 7.21. The standard InChI is InChI=1S/C16H26BNO2/c1-11(2)8-13-12(3)9-18-10-14(13)17-19-15(4,5)16(6,7)20-17/h9-11H,8H2,1-7H3. The van der Waals surface area contributed by atoms with E-state index in [-0.39, 0.29) is 18.3 Å². The van der Waals surface area contributed by atoms with Crippen molar-refractivity contribution in [3.8, 4) is 0 Å². The molecule has 1 aromatic heterocycles. The SMILES string of the molecule is Cc1cncc(B2OC(C)(C)C(C)(C)O2)c1CC(C)C. The Bertz CT molecular complexity index is 481. The van der Waals surface area contributed by atoms with Gasteiger partial charge in [-0.1, -0.05) is 13.8 Å². The van der Waals surface area contributed by atoms with Crippen LogP contribution in [0.5, 0.6) is 0 Å². The molecule has 110 valence electrons. The Morgan fingerprint density at radius 2 is 1.65 bits per heavy atom. The summed E-state index contributed by atoms with van der Waals surface area (Å²) in [6.45, 7) is 14.9. The highest BCUT2D eigenvalue weighted by Crippen LogP contribution is 2.36. The van der Waals surface area contributed by atoms with Crippen LogP contribution < -0.4 is 5.46 Å². The average Bonchev–Trinajstić information content (AvgIpc) is 2.50.